The minimum absolute atomic E-state index is 0.352. The molecular formula is C15H19NO2. The fourth-order valence-electron chi connectivity index (χ4n) is 2.40. The second kappa shape index (κ2) is 5.25. The van der Waals surface area contributed by atoms with Gasteiger partial charge in [-0.25, -0.2) is 4.79 Å². The summed E-state index contributed by atoms with van der Waals surface area (Å²) in [4.78, 5) is 11.0. The summed E-state index contributed by atoms with van der Waals surface area (Å²) in [6.07, 6.45) is 4.42. The van der Waals surface area contributed by atoms with Crippen LogP contribution in [-0.4, -0.2) is 15.6 Å². The molecule has 1 atom stereocenters. The van der Waals surface area contributed by atoms with E-state index in [0.717, 1.165) is 17.4 Å². The number of carboxylic acid groups (broad SMARTS) is 1. The molecule has 0 aliphatic rings. The fraction of sp³-hybridized carbons (Fsp3) is 0.400. The van der Waals surface area contributed by atoms with Crippen LogP contribution in [0.2, 0.25) is 0 Å². The molecule has 18 heavy (non-hydrogen) atoms. The quantitative estimate of drug-likeness (QED) is 0.871. The average Bonchev–Trinajstić information content (AvgIpc) is 2.72. The number of hydrogen-bond donors (Lipinski definition) is 1. The molecule has 0 saturated heterocycles. The zero-order valence-corrected chi connectivity index (χ0v) is 10.9. The Labute approximate surface area is 107 Å². The number of carbonyl (C=O) groups is 1. The van der Waals surface area contributed by atoms with Crippen molar-refractivity contribution in [1.29, 1.82) is 0 Å². The van der Waals surface area contributed by atoms with E-state index in [0.29, 0.717) is 11.5 Å². The highest BCUT2D eigenvalue weighted by molar-refractivity contribution is 5.93. The lowest BCUT2D eigenvalue weighted by atomic mass is 10.1. The van der Waals surface area contributed by atoms with Crippen molar-refractivity contribution in [2.75, 3.05) is 0 Å². The predicted octanol–water partition coefficient (Wildman–Crippen LogP) is 3.78. The first-order valence-corrected chi connectivity index (χ1v) is 6.44. The molecule has 0 aliphatic carbocycles. The highest BCUT2D eigenvalue weighted by Crippen LogP contribution is 2.20. The van der Waals surface area contributed by atoms with Gasteiger partial charge in [-0.1, -0.05) is 26.3 Å². The molecule has 0 saturated carbocycles. The number of fused-ring (bicyclic) bond motifs is 1. The molecular weight excluding hydrogens is 226 g/mol. The van der Waals surface area contributed by atoms with E-state index in [2.05, 4.69) is 18.4 Å². The molecule has 1 aromatic carbocycles. The van der Waals surface area contributed by atoms with E-state index in [4.69, 9.17) is 5.11 Å². The van der Waals surface area contributed by atoms with Crippen molar-refractivity contribution in [2.45, 2.75) is 33.2 Å². The van der Waals surface area contributed by atoms with E-state index >= 15 is 0 Å². The van der Waals surface area contributed by atoms with Crippen LogP contribution in [0, 0.1) is 5.92 Å². The summed E-state index contributed by atoms with van der Waals surface area (Å²) < 4.78 is 2.15. The molecule has 2 rings (SSSR count). The first-order valence-electron chi connectivity index (χ1n) is 6.44. The van der Waals surface area contributed by atoms with Gasteiger partial charge in [0.05, 0.1) is 5.56 Å². The molecule has 96 valence electrons. The Kier molecular flexibility index (Phi) is 3.70. The summed E-state index contributed by atoms with van der Waals surface area (Å²) in [5, 5.41) is 10.1. The van der Waals surface area contributed by atoms with Gasteiger partial charge in [0.2, 0.25) is 0 Å². The van der Waals surface area contributed by atoms with E-state index in [1.807, 2.05) is 18.3 Å². The number of carboxylic acids is 1. The molecule has 3 heteroatoms. The second-order valence-corrected chi connectivity index (χ2v) is 4.94. The van der Waals surface area contributed by atoms with Crippen LogP contribution in [0.25, 0.3) is 10.9 Å². The van der Waals surface area contributed by atoms with Crippen molar-refractivity contribution in [3.05, 3.63) is 36.0 Å². The van der Waals surface area contributed by atoms with Gasteiger partial charge in [0, 0.05) is 18.3 Å². The van der Waals surface area contributed by atoms with Crippen LogP contribution >= 0.6 is 0 Å². The first kappa shape index (κ1) is 12.7. The summed E-state index contributed by atoms with van der Waals surface area (Å²) in [6.45, 7) is 5.36. The molecule has 0 bridgehead atoms. The van der Waals surface area contributed by atoms with E-state index < -0.39 is 5.97 Å². The third-order valence-corrected chi connectivity index (χ3v) is 3.31. The van der Waals surface area contributed by atoms with Crippen molar-refractivity contribution >= 4 is 16.9 Å². The van der Waals surface area contributed by atoms with Crippen LogP contribution in [0.4, 0.5) is 0 Å². The van der Waals surface area contributed by atoms with Crippen LogP contribution in [0.3, 0.4) is 0 Å². The van der Waals surface area contributed by atoms with Crippen LogP contribution in [-0.2, 0) is 6.54 Å². The molecule has 0 amide bonds. The van der Waals surface area contributed by atoms with Gasteiger partial charge in [0.15, 0.2) is 0 Å². The molecule has 1 aromatic heterocycles. The Morgan fingerprint density at radius 2 is 2.17 bits per heavy atom. The SMILES string of the molecule is CCCC(C)Cn1ccc2ccc(C(=O)O)cc21. The van der Waals surface area contributed by atoms with E-state index in [-0.39, 0.29) is 0 Å². The average molecular weight is 245 g/mol. The van der Waals surface area contributed by atoms with Gasteiger partial charge in [-0.3, -0.25) is 0 Å². The molecule has 0 fully saturated rings. The standard InChI is InChI=1S/C15H19NO2/c1-3-4-11(2)10-16-8-7-12-5-6-13(15(17)18)9-14(12)16/h5-9,11H,3-4,10H2,1-2H3,(H,17,18). The van der Waals surface area contributed by atoms with Gasteiger partial charge in [-0.05, 0) is 35.9 Å². The van der Waals surface area contributed by atoms with Gasteiger partial charge in [-0.15, -0.1) is 0 Å². The van der Waals surface area contributed by atoms with Crippen molar-refractivity contribution in [3.63, 3.8) is 0 Å². The summed E-state index contributed by atoms with van der Waals surface area (Å²) >= 11 is 0. The van der Waals surface area contributed by atoms with E-state index in [1.54, 1.807) is 12.1 Å². The molecule has 0 spiro atoms. The second-order valence-electron chi connectivity index (χ2n) is 4.94. The topological polar surface area (TPSA) is 42.2 Å². The highest BCUT2D eigenvalue weighted by Gasteiger charge is 2.08. The number of hydrogen-bond acceptors (Lipinski definition) is 1. The molecule has 0 radical (unpaired) electrons. The van der Waals surface area contributed by atoms with Crippen molar-refractivity contribution in [2.24, 2.45) is 5.92 Å². The summed E-state index contributed by atoms with van der Waals surface area (Å²) in [5.74, 6) is -0.259. The smallest absolute Gasteiger partial charge is 0.335 e. The summed E-state index contributed by atoms with van der Waals surface area (Å²) in [5.41, 5.74) is 1.36. The Morgan fingerprint density at radius 3 is 2.83 bits per heavy atom. The monoisotopic (exact) mass is 245 g/mol. The zero-order chi connectivity index (χ0) is 13.1. The summed E-state index contributed by atoms with van der Waals surface area (Å²) in [6, 6.07) is 7.33. The minimum Gasteiger partial charge on any atom is -0.478 e. The van der Waals surface area contributed by atoms with Crippen molar-refractivity contribution < 1.29 is 9.90 Å². The van der Waals surface area contributed by atoms with E-state index in [1.165, 1.54) is 12.8 Å². The lowest BCUT2D eigenvalue weighted by molar-refractivity contribution is 0.0697. The largest absolute Gasteiger partial charge is 0.478 e. The first-order chi connectivity index (χ1) is 8.61. The highest BCUT2D eigenvalue weighted by atomic mass is 16.4. The maximum Gasteiger partial charge on any atom is 0.335 e. The lowest BCUT2D eigenvalue weighted by Gasteiger charge is -2.12. The molecule has 1 N–H and O–H groups in total. The number of rotatable bonds is 5. The van der Waals surface area contributed by atoms with Crippen molar-refractivity contribution in [3.8, 4) is 0 Å². The molecule has 2 aromatic rings. The Hall–Kier alpha value is -1.77. The third-order valence-electron chi connectivity index (χ3n) is 3.31. The predicted molar refractivity (Wildman–Crippen MR) is 73.0 cm³/mol. The Morgan fingerprint density at radius 1 is 1.39 bits per heavy atom. The van der Waals surface area contributed by atoms with Crippen molar-refractivity contribution in [1.82, 2.24) is 4.57 Å². The molecule has 0 aliphatic heterocycles. The minimum atomic E-state index is -0.869. The Bertz CT molecular complexity index is 557. The Balaban J connectivity index is 2.33. The number of nitrogens with zero attached hydrogens (tertiary/aromatic N) is 1. The van der Waals surface area contributed by atoms with Gasteiger partial charge >= 0.3 is 5.97 Å². The zero-order valence-electron chi connectivity index (χ0n) is 10.9. The molecule has 1 heterocycles. The van der Waals surface area contributed by atoms with Gasteiger partial charge in [-0.2, -0.15) is 0 Å². The van der Waals surface area contributed by atoms with E-state index in [9.17, 15) is 4.79 Å². The summed E-state index contributed by atoms with van der Waals surface area (Å²) in [7, 11) is 0. The number of benzene rings is 1. The molecule has 3 nitrogen and oxygen atoms in total. The molecule has 1 unspecified atom stereocenters. The maximum absolute atomic E-state index is 11.0. The van der Waals surface area contributed by atoms with Gasteiger partial charge in [0.25, 0.3) is 0 Å². The van der Waals surface area contributed by atoms with Crippen LogP contribution in [0.5, 0.6) is 0 Å². The number of aromatic nitrogens is 1. The maximum atomic E-state index is 11.0. The van der Waals surface area contributed by atoms with Gasteiger partial charge in [0.1, 0.15) is 0 Å². The van der Waals surface area contributed by atoms with Crippen LogP contribution in [0.1, 0.15) is 37.0 Å². The lowest BCUT2D eigenvalue weighted by Crippen LogP contribution is -2.06. The van der Waals surface area contributed by atoms with Crippen LogP contribution < -0.4 is 0 Å². The number of aromatic carboxylic acids is 1. The normalized spacial score (nSPS) is 12.8. The third kappa shape index (κ3) is 2.55. The van der Waals surface area contributed by atoms with Crippen LogP contribution in [0.15, 0.2) is 30.5 Å². The fourth-order valence-corrected chi connectivity index (χ4v) is 2.40. The van der Waals surface area contributed by atoms with Gasteiger partial charge < -0.3 is 9.67 Å².